The summed E-state index contributed by atoms with van der Waals surface area (Å²) >= 11 is 1.50. The highest BCUT2D eigenvalue weighted by molar-refractivity contribution is 7.98. The average molecular weight is 305 g/mol. The van der Waals surface area contributed by atoms with Crippen LogP contribution in [0, 0.1) is 0 Å². The van der Waals surface area contributed by atoms with E-state index in [2.05, 4.69) is 5.32 Å². The molecule has 3 atom stereocenters. The number of rotatable bonds is 6. The van der Waals surface area contributed by atoms with Gasteiger partial charge in [-0.25, -0.2) is 9.59 Å². The maximum Gasteiger partial charge on any atom is 0.326 e. The molecule has 1 rings (SSSR count). The van der Waals surface area contributed by atoms with E-state index in [0.29, 0.717) is 12.2 Å². The van der Waals surface area contributed by atoms with Crippen LogP contribution in [0.4, 0.5) is 4.79 Å². The Bertz CT molecular complexity index is 392. The van der Waals surface area contributed by atoms with Gasteiger partial charge in [-0.05, 0) is 18.4 Å². The minimum atomic E-state index is -1.17. The van der Waals surface area contributed by atoms with Crippen LogP contribution >= 0.6 is 11.8 Å². The Labute approximate surface area is 120 Å². The first-order chi connectivity index (χ1) is 9.36. The van der Waals surface area contributed by atoms with Crippen molar-refractivity contribution < 1.29 is 24.6 Å². The van der Waals surface area contributed by atoms with Gasteiger partial charge in [0.25, 0.3) is 0 Å². The first-order valence-electron chi connectivity index (χ1n) is 6.13. The highest BCUT2D eigenvalue weighted by Crippen LogP contribution is 2.20. The van der Waals surface area contributed by atoms with Crippen LogP contribution in [0.5, 0.6) is 0 Å². The molecule has 1 saturated heterocycles. The molecule has 1 unspecified atom stereocenters. The molecular formula is C11H19N3O5S. The molecule has 0 aromatic rings. The van der Waals surface area contributed by atoms with Crippen molar-refractivity contribution in [1.29, 1.82) is 0 Å². The van der Waals surface area contributed by atoms with E-state index in [1.165, 1.54) is 11.8 Å². The molecule has 1 aliphatic heterocycles. The lowest BCUT2D eigenvalue weighted by Gasteiger charge is -2.26. The normalized spacial score (nSPS) is 23.4. The van der Waals surface area contributed by atoms with Crippen LogP contribution in [0.3, 0.4) is 0 Å². The number of aliphatic carboxylic acids is 1. The standard InChI is InChI=1S/C11H19N3O5S/c1-20-3-2-7(13-11(12)19)9(16)14-5-6(15)4-8(14)10(17)18/h6-8,15H,2-5H2,1H3,(H,17,18)(H3,12,13,19)/t6-,7?,8+/m1/s1. The summed E-state index contributed by atoms with van der Waals surface area (Å²) in [4.78, 5) is 35.4. The number of amides is 3. The largest absolute Gasteiger partial charge is 0.480 e. The number of nitrogens with two attached hydrogens (primary N) is 1. The number of aliphatic hydroxyl groups is 1. The van der Waals surface area contributed by atoms with E-state index >= 15 is 0 Å². The third kappa shape index (κ3) is 4.27. The van der Waals surface area contributed by atoms with Crippen molar-refractivity contribution in [3.05, 3.63) is 0 Å². The number of carboxylic acid groups (broad SMARTS) is 1. The molecule has 0 aromatic carbocycles. The van der Waals surface area contributed by atoms with Gasteiger partial charge >= 0.3 is 12.0 Å². The Morgan fingerprint density at radius 1 is 1.50 bits per heavy atom. The van der Waals surface area contributed by atoms with E-state index in [-0.39, 0.29) is 13.0 Å². The fourth-order valence-electron chi connectivity index (χ4n) is 2.16. The summed E-state index contributed by atoms with van der Waals surface area (Å²) < 4.78 is 0. The van der Waals surface area contributed by atoms with Crippen LogP contribution in [0.25, 0.3) is 0 Å². The number of β-amino-alcohol motifs (C(OH)–C–C–N with tert-alkyl or cyclic N) is 1. The number of carbonyl (C=O) groups excluding carboxylic acids is 2. The molecular weight excluding hydrogens is 286 g/mol. The number of nitrogens with one attached hydrogen (secondary N) is 1. The summed E-state index contributed by atoms with van der Waals surface area (Å²) in [5.74, 6) is -1.08. The summed E-state index contributed by atoms with van der Waals surface area (Å²) in [7, 11) is 0. The van der Waals surface area contributed by atoms with Crippen LogP contribution in [0.15, 0.2) is 0 Å². The van der Waals surface area contributed by atoms with Crippen molar-refractivity contribution in [3.8, 4) is 0 Å². The molecule has 114 valence electrons. The third-order valence-electron chi connectivity index (χ3n) is 3.07. The molecule has 8 nitrogen and oxygen atoms in total. The molecule has 1 aliphatic rings. The zero-order valence-electron chi connectivity index (χ0n) is 11.1. The summed E-state index contributed by atoms with van der Waals surface area (Å²) in [6.45, 7) is -0.0496. The number of urea groups is 1. The van der Waals surface area contributed by atoms with Crippen LogP contribution in [0.1, 0.15) is 12.8 Å². The number of nitrogens with zero attached hydrogens (tertiary/aromatic N) is 1. The molecule has 1 fully saturated rings. The van der Waals surface area contributed by atoms with Gasteiger partial charge in [-0.15, -0.1) is 0 Å². The molecule has 9 heteroatoms. The topological polar surface area (TPSA) is 133 Å². The molecule has 0 bridgehead atoms. The van der Waals surface area contributed by atoms with Gasteiger partial charge < -0.3 is 26.2 Å². The van der Waals surface area contributed by atoms with Gasteiger partial charge in [-0.2, -0.15) is 11.8 Å². The second kappa shape index (κ2) is 7.34. The molecule has 0 aliphatic carbocycles. The van der Waals surface area contributed by atoms with E-state index < -0.39 is 36.1 Å². The Balaban J connectivity index is 2.81. The minimum Gasteiger partial charge on any atom is -0.480 e. The zero-order chi connectivity index (χ0) is 15.3. The van der Waals surface area contributed by atoms with Gasteiger partial charge in [-0.1, -0.05) is 0 Å². The monoisotopic (exact) mass is 305 g/mol. The molecule has 0 radical (unpaired) electrons. The predicted octanol–water partition coefficient (Wildman–Crippen LogP) is -1.18. The predicted molar refractivity (Wildman–Crippen MR) is 73.3 cm³/mol. The summed E-state index contributed by atoms with van der Waals surface area (Å²) in [6, 6.07) is -2.77. The van der Waals surface area contributed by atoms with Crippen molar-refractivity contribution >= 4 is 29.7 Å². The van der Waals surface area contributed by atoms with Gasteiger partial charge in [0.15, 0.2) is 0 Å². The Hall–Kier alpha value is -1.48. The maximum absolute atomic E-state index is 12.3. The molecule has 20 heavy (non-hydrogen) atoms. The molecule has 5 N–H and O–H groups in total. The second-order valence-electron chi connectivity index (χ2n) is 4.58. The van der Waals surface area contributed by atoms with Gasteiger partial charge in [-0.3, -0.25) is 4.79 Å². The zero-order valence-corrected chi connectivity index (χ0v) is 11.9. The van der Waals surface area contributed by atoms with Gasteiger partial charge in [0.05, 0.1) is 6.10 Å². The number of thioether (sulfide) groups is 1. The smallest absolute Gasteiger partial charge is 0.326 e. The van der Waals surface area contributed by atoms with Crippen molar-refractivity contribution in [2.45, 2.75) is 31.0 Å². The van der Waals surface area contributed by atoms with Crippen molar-refractivity contribution in [3.63, 3.8) is 0 Å². The molecule has 3 amide bonds. The highest BCUT2D eigenvalue weighted by atomic mass is 32.2. The number of primary amides is 1. The van der Waals surface area contributed by atoms with E-state index in [9.17, 15) is 19.5 Å². The SMILES string of the molecule is CSCCC(NC(N)=O)C(=O)N1C[C@H](O)C[C@H]1C(=O)O. The van der Waals surface area contributed by atoms with E-state index in [0.717, 1.165) is 4.90 Å². The lowest BCUT2D eigenvalue weighted by atomic mass is 10.1. The van der Waals surface area contributed by atoms with Crippen LogP contribution in [-0.4, -0.2) is 69.8 Å². The number of likely N-dealkylation sites (tertiary alicyclic amines) is 1. The molecule has 0 aromatic heterocycles. The fourth-order valence-corrected chi connectivity index (χ4v) is 2.63. The Morgan fingerprint density at radius 2 is 2.15 bits per heavy atom. The number of hydrogen-bond donors (Lipinski definition) is 4. The van der Waals surface area contributed by atoms with E-state index in [1.54, 1.807) is 0 Å². The van der Waals surface area contributed by atoms with Crippen molar-refractivity contribution in [2.24, 2.45) is 5.73 Å². The lowest BCUT2D eigenvalue weighted by molar-refractivity contribution is -0.148. The van der Waals surface area contributed by atoms with Crippen molar-refractivity contribution in [2.75, 3.05) is 18.6 Å². The Kier molecular flexibility index (Phi) is 6.08. The number of carboxylic acids is 1. The number of hydrogen-bond acceptors (Lipinski definition) is 5. The molecule has 0 saturated carbocycles. The van der Waals surface area contributed by atoms with Crippen molar-refractivity contribution in [1.82, 2.24) is 10.2 Å². The number of aliphatic hydroxyl groups excluding tert-OH is 1. The van der Waals surface area contributed by atoms with Crippen LogP contribution < -0.4 is 11.1 Å². The van der Waals surface area contributed by atoms with Crippen LogP contribution in [0.2, 0.25) is 0 Å². The summed E-state index contributed by atoms with van der Waals surface area (Å²) in [5.41, 5.74) is 5.03. The molecule has 0 spiro atoms. The quantitative estimate of drug-likeness (QED) is 0.488. The third-order valence-corrected chi connectivity index (χ3v) is 3.72. The Morgan fingerprint density at radius 3 is 2.65 bits per heavy atom. The van der Waals surface area contributed by atoms with E-state index in [4.69, 9.17) is 10.8 Å². The maximum atomic E-state index is 12.3. The average Bonchev–Trinajstić information content (AvgIpc) is 2.75. The second-order valence-corrected chi connectivity index (χ2v) is 5.56. The first kappa shape index (κ1) is 16.6. The highest BCUT2D eigenvalue weighted by Gasteiger charge is 2.41. The van der Waals surface area contributed by atoms with E-state index in [1.807, 2.05) is 6.26 Å². The van der Waals surface area contributed by atoms with Gasteiger partial charge in [0.2, 0.25) is 5.91 Å². The molecule has 1 heterocycles. The first-order valence-corrected chi connectivity index (χ1v) is 7.52. The lowest BCUT2D eigenvalue weighted by Crippen LogP contribution is -2.53. The minimum absolute atomic E-state index is 0.00705. The summed E-state index contributed by atoms with van der Waals surface area (Å²) in [5, 5.41) is 20.9. The van der Waals surface area contributed by atoms with Gasteiger partial charge in [0.1, 0.15) is 12.1 Å². The van der Waals surface area contributed by atoms with Crippen LogP contribution in [-0.2, 0) is 9.59 Å². The fraction of sp³-hybridized carbons (Fsp3) is 0.727. The summed E-state index contributed by atoms with van der Waals surface area (Å²) in [6.07, 6.45) is 1.33. The van der Waals surface area contributed by atoms with Gasteiger partial charge in [0, 0.05) is 13.0 Å². The number of carbonyl (C=O) groups is 3.